The summed E-state index contributed by atoms with van der Waals surface area (Å²) < 4.78 is 50.5. The summed E-state index contributed by atoms with van der Waals surface area (Å²) >= 11 is 14.4. The van der Waals surface area contributed by atoms with Crippen LogP contribution >= 0.6 is 32.4 Å². The molecule has 0 saturated carbocycles. The molecule has 0 aromatic heterocycles. The number of phenolic OH excluding ortho intramolecular Hbond substituents is 3. The van der Waals surface area contributed by atoms with Crippen LogP contribution in [0.15, 0.2) is 78.9 Å². The zero-order valence-electron chi connectivity index (χ0n) is 62.6. The van der Waals surface area contributed by atoms with Crippen molar-refractivity contribution in [1.82, 2.24) is 20.9 Å². The number of nitrogens with one attached hydrogen (secondary N) is 3. The molecule has 5 aromatic rings. The summed E-state index contributed by atoms with van der Waals surface area (Å²) in [5, 5.41) is 102. The summed E-state index contributed by atoms with van der Waals surface area (Å²) in [5.41, 5.74) is 3.50. The fourth-order valence-corrected chi connectivity index (χ4v) is 15.4. The Labute approximate surface area is 652 Å². The summed E-state index contributed by atoms with van der Waals surface area (Å²) in [6.45, 7) is 14.0. The molecule has 19 atom stereocenters. The average Bonchev–Trinajstić information content (AvgIpc) is 0.771. The molecule has 33 heteroatoms. The lowest BCUT2D eigenvalue weighted by molar-refractivity contribution is -0.327. The summed E-state index contributed by atoms with van der Waals surface area (Å²) in [6, 6.07) is 11.4. The molecule has 2 saturated heterocycles. The molecule has 30 nitrogen and oxygen atoms in total. The number of carbonyl (C=O) groups is 9. The van der Waals surface area contributed by atoms with E-state index in [2.05, 4.69) is 25.2 Å². The number of aliphatic hydroxyl groups excluding tert-OH is 5. The van der Waals surface area contributed by atoms with Gasteiger partial charge in [0.05, 0.1) is 89.1 Å². The Morgan fingerprint density at radius 3 is 1.89 bits per heavy atom. The Balaban J connectivity index is 1.22. The second kappa shape index (κ2) is 35.1. The molecule has 13 N–H and O–H groups in total. The number of carbonyl (C=O) groups excluding carboxylic acids is 9. The van der Waals surface area contributed by atoms with Crippen molar-refractivity contribution in [3.8, 4) is 57.1 Å². The van der Waals surface area contributed by atoms with E-state index in [0.29, 0.717) is 0 Å². The number of alkyl carbamates (subject to hydrolysis) is 1. The topological polar surface area (TPSA) is 455 Å². The van der Waals surface area contributed by atoms with Gasteiger partial charge >= 0.3 is 12.2 Å². The highest BCUT2D eigenvalue weighted by molar-refractivity contribution is 7.17. The minimum atomic E-state index is -2.02. The number of amides is 5. The van der Waals surface area contributed by atoms with Crippen molar-refractivity contribution >= 4 is 85.5 Å². The predicted molar refractivity (Wildman–Crippen MR) is 401 cm³/mol. The van der Waals surface area contributed by atoms with Crippen LogP contribution in [0.4, 0.5) is 9.59 Å². The number of nitrogens with two attached hydrogens (primary N) is 1. The highest BCUT2D eigenvalue weighted by Crippen LogP contribution is 2.52. The monoisotopic (exact) mass is 1600 g/mol. The standard InChI is InChI=1S/C78H94Cl2N5O25P/c1-32(2)17-51(85(10)77(102)104-34(5)6)56(92)28-47-67(96)39-13-16-59(49(80)20-39)107-61-22-40-21-60(70(61)110-75-71(69(98)68(97)62(31-86)108-75)109-64-30-78(9,72(111)36(8)105-64)84-76(101)103-33(3)4)106-58-15-12-38(19-48(58)79)66(95)46-27-54(90)43(25-53(89)44(40)26-55(91)50(29-63(81)94)83-74(47)100)37-11-14-52(88)45(18-37)65-42(35(7)82-73(46)99)23-41(87)24-57(65)93/h11-16,18-24,32-36,43-44,46-47,50-51,62,64,66-69,71-72,75,86-88,93,95-98H,17,25-31,111H2,1-10H3,(H2,81,94)(H,82,99)(H,83,100)(H,84,101)/t35-,36+,43-,44-,46+,47-,50+,51-,62-,64+,66-,67-,68-,69+,71-,72-,75+,78+/m1/s1. The normalized spacial score (nSPS) is 28.1. The number of likely N-dealkylation sites (N-methyl/N-ethyl adjacent to an activating group) is 1. The first kappa shape index (κ1) is 84.7. The molecule has 7 heterocycles. The Hall–Kier alpha value is -8.78. The van der Waals surface area contributed by atoms with Crippen molar-refractivity contribution in [3.63, 3.8) is 0 Å². The van der Waals surface area contributed by atoms with Crippen LogP contribution in [0.1, 0.15) is 165 Å². The number of halogens is 2. The van der Waals surface area contributed by atoms with Gasteiger partial charge in [-0.2, -0.15) is 0 Å². The van der Waals surface area contributed by atoms with Gasteiger partial charge in [0.15, 0.2) is 35.5 Å². The number of ketones is 4. The average molecular weight is 1600 g/mol. The van der Waals surface area contributed by atoms with Gasteiger partial charge in [-0.05, 0) is 143 Å². The SMILES string of the molecule is CC(C)C[C@H](C(=O)C[C@H]1C(=O)N[C@@H](CC(N)=O)C(=O)C[C@H]2C(=O)C[C@H]3C(=O)C[C@H](C(=O)N[C@H](C)c4cc(O)cc(O)c4-c4cc3ccc4O)[C@H](O)c3ccc(c(Cl)c3)Oc3cc2cc(c3O[C@@H]2O[C@H](CO)[C@@H](O)[C@H](O)[C@H]2O[C@H]2C[C@](C)(NC(=O)OC(C)C)[C@H](P)[C@H](C)O2)Oc2ccc(cc2Cl)[C@H]1O)N(C)C(=O)OC(C)C. The zero-order chi connectivity index (χ0) is 81.3. The van der Waals surface area contributed by atoms with Crippen molar-refractivity contribution in [3.05, 3.63) is 117 Å². The highest BCUT2D eigenvalue weighted by Gasteiger charge is 2.52. The van der Waals surface area contributed by atoms with Gasteiger partial charge in [-0.15, -0.1) is 9.24 Å². The van der Waals surface area contributed by atoms with Crippen LogP contribution in [-0.4, -0.2) is 191 Å². The lowest BCUT2D eigenvalue weighted by Gasteiger charge is -2.48. The molecule has 5 amide bonds. The Morgan fingerprint density at radius 1 is 0.703 bits per heavy atom. The molecule has 0 aliphatic carbocycles. The highest BCUT2D eigenvalue weighted by atomic mass is 35.5. The van der Waals surface area contributed by atoms with Crippen molar-refractivity contribution in [2.45, 2.75) is 216 Å². The fraction of sp³-hybridized carbons (Fsp3) is 0.500. The number of aliphatic hydroxyl groups is 5. The molecule has 7 aliphatic rings. The number of ether oxygens (including phenoxy) is 8. The number of fused-ring (bicyclic) bond motifs is 15. The third-order valence-corrected chi connectivity index (χ3v) is 22.4. The molecule has 2 fully saturated rings. The van der Waals surface area contributed by atoms with Gasteiger partial charge in [-0.3, -0.25) is 33.6 Å². The molecule has 1 unspecified atom stereocenters. The quantitative estimate of drug-likeness (QED) is 0.0413. The summed E-state index contributed by atoms with van der Waals surface area (Å²) in [4.78, 5) is 134. The number of primary amides is 1. The number of rotatable bonds is 16. The smallest absolute Gasteiger partial charge is 0.410 e. The second-order valence-corrected chi connectivity index (χ2v) is 31.6. The van der Waals surface area contributed by atoms with Crippen molar-refractivity contribution in [2.75, 3.05) is 13.7 Å². The minimum Gasteiger partial charge on any atom is -0.508 e. The first-order valence-electron chi connectivity index (χ1n) is 36.4. The van der Waals surface area contributed by atoms with E-state index >= 15 is 19.2 Å². The number of benzene rings is 5. The molecule has 12 rings (SSSR count). The summed E-state index contributed by atoms with van der Waals surface area (Å²) in [6.07, 6.45) is -23.0. The van der Waals surface area contributed by atoms with E-state index in [9.17, 15) is 64.8 Å². The van der Waals surface area contributed by atoms with Crippen molar-refractivity contribution < 1.29 is 122 Å². The van der Waals surface area contributed by atoms with Crippen molar-refractivity contribution in [2.24, 2.45) is 23.5 Å². The molecular formula is C78H94Cl2N5O25P. The fourth-order valence-electron chi connectivity index (χ4n) is 14.6. The minimum absolute atomic E-state index is 0.0326. The molecule has 5 aromatic carbocycles. The second-order valence-electron chi connectivity index (χ2n) is 30.1. The third-order valence-electron chi connectivity index (χ3n) is 20.6. The van der Waals surface area contributed by atoms with Crippen LogP contribution in [0.5, 0.6) is 46.0 Å². The van der Waals surface area contributed by atoms with Gasteiger partial charge in [0.25, 0.3) is 0 Å². The van der Waals surface area contributed by atoms with E-state index in [4.69, 9.17) is 66.8 Å². The van der Waals surface area contributed by atoms with E-state index in [1.807, 2.05) is 0 Å². The Bertz CT molecular complexity index is 4390. The van der Waals surface area contributed by atoms with Gasteiger partial charge in [-0.25, -0.2) is 9.59 Å². The predicted octanol–water partition coefficient (Wildman–Crippen LogP) is 8.31. The van der Waals surface area contributed by atoms with Gasteiger partial charge in [0.1, 0.15) is 58.6 Å². The molecule has 7 aliphatic heterocycles. The lowest BCUT2D eigenvalue weighted by Crippen LogP contribution is -2.65. The van der Waals surface area contributed by atoms with E-state index in [0.717, 1.165) is 11.0 Å². The van der Waals surface area contributed by atoms with Crippen LogP contribution < -0.4 is 35.9 Å². The van der Waals surface area contributed by atoms with Gasteiger partial charge in [0.2, 0.25) is 29.8 Å². The Kier molecular flexibility index (Phi) is 26.8. The van der Waals surface area contributed by atoms with E-state index in [1.165, 1.54) is 86.8 Å². The van der Waals surface area contributed by atoms with Crippen LogP contribution in [0, 0.1) is 17.8 Å². The van der Waals surface area contributed by atoms with Crippen LogP contribution in [0.3, 0.4) is 0 Å². The van der Waals surface area contributed by atoms with Crippen LogP contribution in [0.2, 0.25) is 10.0 Å². The Morgan fingerprint density at radius 2 is 1.30 bits per heavy atom. The largest absolute Gasteiger partial charge is 0.508 e. The summed E-state index contributed by atoms with van der Waals surface area (Å²) in [7, 11) is 3.96. The van der Waals surface area contributed by atoms with E-state index in [1.54, 1.807) is 55.4 Å². The maximum Gasteiger partial charge on any atom is 0.410 e. The van der Waals surface area contributed by atoms with E-state index in [-0.39, 0.29) is 79.2 Å². The molecule has 600 valence electrons. The van der Waals surface area contributed by atoms with Crippen LogP contribution in [-0.2, 0) is 57.2 Å². The number of hydrogen-bond acceptors (Lipinski definition) is 25. The third kappa shape index (κ3) is 19.1. The number of phenols is 3. The lowest BCUT2D eigenvalue weighted by atomic mass is 9.77. The maximum absolute atomic E-state index is 16.4. The first-order chi connectivity index (χ1) is 52.2. The van der Waals surface area contributed by atoms with Gasteiger partial charge in [0, 0.05) is 73.8 Å². The number of nitrogens with zero attached hydrogens (tertiary/aromatic N) is 1. The molecular weight excluding hydrogens is 1510 g/mol. The molecule has 0 spiro atoms. The van der Waals surface area contributed by atoms with Crippen LogP contribution in [0.25, 0.3) is 11.1 Å². The van der Waals surface area contributed by atoms with Crippen molar-refractivity contribution in [1.29, 1.82) is 0 Å². The summed E-state index contributed by atoms with van der Waals surface area (Å²) in [5.74, 6) is -18.3. The molecule has 11 bridgehead atoms. The molecule has 111 heavy (non-hydrogen) atoms. The number of Topliss-reactive ketones (excluding diaryl/α,β-unsaturated/α-hetero) is 4. The zero-order valence-corrected chi connectivity index (χ0v) is 65.3. The maximum atomic E-state index is 16.4. The molecule has 0 radical (unpaired) electrons. The van der Waals surface area contributed by atoms with E-state index < -0.39 is 247 Å². The number of hydrogen-bond donors (Lipinski definition) is 12. The number of aromatic hydroxyl groups is 3. The first-order valence-corrected chi connectivity index (χ1v) is 37.8. The van der Waals surface area contributed by atoms with Gasteiger partial charge < -0.3 is 105 Å². The van der Waals surface area contributed by atoms with Gasteiger partial charge in [-0.1, -0.05) is 55.2 Å².